The Hall–Kier alpha value is -3.39. The van der Waals surface area contributed by atoms with E-state index in [-0.39, 0.29) is 35.1 Å². The normalized spacial score (nSPS) is 22.9. The summed E-state index contributed by atoms with van der Waals surface area (Å²) >= 11 is 1.42. The van der Waals surface area contributed by atoms with Crippen LogP contribution in [-0.4, -0.2) is 57.1 Å². The highest BCUT2D eigenvalue weighted by atomic mass is 32.1. The minimum Gasteiger partial charge on any atom is -0.378 e. The Balaban J connectivity index is 1.63. The number of thiazole rings is 1. The predicted molar refractivity (Wildman–Crippen MR) is 120 cm³/mol. The van der Waals surface area contributed by atoms with E-state index < -0.39 is 23.7 Å². The molecule has 2 aliphatic heterocycles. The summed E-state index contributed by atoms with van der Waals surface area (Å²) in [5, 5.41) is 5.52. The number of anilines is 2. The highest BCUT2D eigenvalue weighted by Gasteiger charge is 2.44. The van der Waals surface area contributed by atoms with Crippen molar-refractivity contribution < 1.29 is 22.7 Å². The number of morpholine rings is 1. The summed E-state index contributed by atoms with van der Waals surface area (Å²) in [5.74, 6) is -1.53. The zero-order valence-corrected chi connectivity index (χ0v) is 19.3. The highest BCUT2D eigenvalue weighted by molar-refractivity contribution is 7.09. The molecule has 5 heterocycles. The van der Waals surface area contributed by atoms with Gasteiger partial charge in [0.05, 0.1) is 36.6 Å². The zero-order valence-electron chi connectivity index (χ0n) is 18.5. The number of nitrogens with zero attached hydrogens (tertiary/aromatic N) is 6. The monoisotopic (exact) mass is 506 g/mol. The van der Waals surface area contributed by atoms with Crippen molar-refractivity contribution in [1.29, 1.82) is 0 Å². The summed E-state index contributed by atoms with van der Waals surface area (Å²) in [6.45, 7) is 3.66. The molecule has 2 fully saturated rings. The average molecular weight is 507 g/mol. The Morgan fingerprint density at radius 2 is 1.97 bits per heavy atom. The molecule has 0 spiro atoms. The molecule has 1 unspecified atom stereocenters. The Labute approximate surface area is 201 Å². The third kappa shape index (κ3) is 4.50. The summed E-state index contributed by atoms with van der Waals surface area (Å²) < 4.78 is 46.8. The van der Waals surface area contributed by atoms with Crippen molar-refractivity contribution in [2.75, 3.05) is 36.9 Å². The molecular weight excluding hydrogens is 485 g/mol. The van der Waals surface area contributed by atoms with Gasteiger partial charge in [0.25, 0.3) is 0 Å². The lowest BCUT2D eigenvalue weighted by molar-refractivity contribution is -0.140. The number of nitrogen functional groups attached to an aromatic ring is 1. The summed E-state index contributed by atoms with van der Waals surface area (Å²) in [4.78, 5) is 35.4. The molecule has 3 N–H and O–H groups in total. The van der Waals surface area contributed by atoms with E-state index in [0.717, 1.165) is 11.2 Å². The van der Waals surface area contributed by atoms with Gasteiger partial charge >= 0.3 is 6.18 Å². The molecule has 0 aliphatic carbocycles. The van der Waals surface area contributed by atoms with Crippen LogP contribution in [0.2, 0.25) is 0 Å². The Kier molecular flexibility index (Phi) is 6.01. The molecule has 14 heteroatoms. The number of nitrogens with one attached hydrogen (secondary N) is 1. The summed E-state index contributed by atoms with van der Waals surface area (Å²) in [5.41, 5.74) is 4.17. The number of hydrogen-bond acceptors (Lipinski definition) is 10. The van der Waals surface area contributed by atoms with Crippen LogP contribution in [0.1, 0.15) is 35.3 Å². The smallest absolute Gasteiger partial charge is 0.378 e. The first kappa shape index (κ1) is 23.4. The fourth-order valence-corrected chi connectivity index (χ4v) is 5.14. The van der Waals surface area contributed by atoms with Crippen LogP contribution in [0, 0.1) is 5.92 Å². The first-order chi connectivity index (χ1) is 16.7. The molecule has 10 nitrogen and oxygen atoms in total. The van der Waals surface area contributed by atoms with E-state index in [9.17, 15) is 18.0 Å². The van der Waals surface area contributed by atoms with Crippen LogP contribution in [0.4, 0.5) is 25.1 Å². The molecule has 0 aromatic carbocycles. The molecule has 35 heavy (non-hydrogen) atoms. The maximum atomic E-state index is 13.8. The van der Waals surface area contributed by atoms with Crippen LogP contribution in [0.25, 0.3) is 11.3 Å². The van der Waals surface area contributed by atoms with Crippen LogP contribution in [0.3, 0.4) is 0 Å². The molecule has 3 aromatic heterocycles. The van der Waals surface area contributed by atoms with Crippen molar-refractivity contribution in [3.05, 3.63) is 40.2 Å². The van der Waals surface area contributed by atoms with Gasteiger partial charge in [0.15, 0.2) is 5.69 Å². The fraction of sp³-hybridized carbons (Fsp3) is 0.429. The van der Waals surface area contributed by atoms with Crippen molar-refractivity contribution in [3.63, 3.8) is 0 Å². The maximum absolute atomic E-state index is 13.8. The first-order valence-electron chi connectivity index (χ1n) is 10.8. The van der Waals surface area contributed by atoms with Gasteiger partial charge in [-0.3, -0.25) is 4.79 Å². The number of amides is 1. The molecule has 0 saturated carbocycles. The van der Waals surface area contributed by atoms with Crippen molar-refractivity contribution in [2.45, 2.75) is 25.1 Å². The van der Waals surface area contributed by atoms with Crippen molar-refractivity contribution >= 4 is 29.1 Å². The number of nitrogens with two attached hydrogens (primary N) is 1. The van der Waals surface area contributed by atoms with Crippen LogP contribution < -0.4 is 16.0 Å². The highest BCUT2D eigenvalue weighted by Crippen LogP contribution is 2.42. The van der Waals surface area contributed by atoms with Gasteiger partial charge in [0, 0.05) is 42.3 Å². The molecule has 1 amide bonds. The predicted octanol–water partition coefficient (Wildman–Crippen LogP) is 2.42. The second-order valence-corrected chi connectivity index (χ2v) is 9.19. The standard InChI is InChI=1S/C21H21F3N8O2S/c1-10-14(17(33)30-15(10)18-26-2-7-35-18)13-8-12(28-20(29-13)32-3-5-34-6-4-32)11-9-27-19(25)31-16(11)21(22,23)24/h2,7-10,14-15H,3-6H2,1H3,(H,30,33)(H2,25,27,31)/t10-,14?,15+/m0/s1. The van der Waals surface area contributed by atoms with Gasteiger partial charge in [-0.15, -0.1) is 11.3 Å². The largest absolute Gasteiger partial charge is 0.434 e. The summed E-state index contributed by atoms with van der Waals surface area (Å²) in [6, 6.07) is 1.07. The van der Waals surface area contributed by atoms with E-state index in [0.29, 0.717) is 32.0 Å². The van der Waals surface area contributed by atoms with E-state index in [1.807, 2.05) is 17.2 Å². The number of hydrogen-bond donors (Lipinski definition) is 2. The Morgan fingerprint density at radius 1 is 1.20 bits per heavy atom. The second-order valence-electron chi connectivity index (χ2n) is 8.26. The van der Waals surface area contributed by atoms with E-state index in [1.165, 1.54) is 17.4 Å². The molecule has 5 rings (SSSR count). The minimum atomic E-state index is -4.79. The molecule has 3 atom stereocenters. The van der Waals surface area contributed by atoms with Gasteiger partial charge in [-0.1, -0.05) is 6.92 Å². The average Bonchev–Trinajstić information content (AvgIpc) is 3.46. The third-order valence-corrected chi connectivity index (χ3v) is 6.91. The zero-order chi connectivity index (χ0) is 24.7. The summed E-state index contributed by atoms with van der Waals surface area (Å²) in [7, 11) is 0. The molecule has 3 aromatic rings. The van der Waals surface area contributed by atoms with Crippen molar-refractivity contribution in [2.24, 2.45) is 5.92 Å². The van der Waals surface area contributed by atoms with Gasteiger partial charge in [-0.05, 0) is 6.07 Å². The lowest BCUT2D eigenvalue weighted by Crippen LogP contribution is -2.37. The molecule has 0 bridgehead atoms. The van der Waals surface area contributed by atoms with Gasteiger partial charge in [0.2, 0.25) is 17.8 Å². The number of aromatic nitrogens is 5. The minimum absolute atomic E-state index is 0.0403. The van der Waals surface area contributed by atoms with Crippen molar-refractivity contribution in [1.82, 2.24) is 30.2 Å². The van der Waals surface area contributed by atoms with Crippen LogP contribution in [0.15, 0.2) is 23.8 Å². The second kappa shape index (κ2) is 9.00. The van der Waals surface area contributed by atoms with Gasteiger partial charge in [0.1, 0.15) is 5.01 Å². The maximum Gasteiger partial charge on any atom is 0.434 e. The molecular formula is C21H21F3N8O2S. The number of alkyl halides is 3. The lowest BCUT2D eigenvalue weighted by Gasteiger charge is -2.28. The van der Waals surface area contributed by atoms with Crippen molar-refractivity contribution in [3.8, 4) is 11.3 Å². The summed E-state index contributed by atoms with van der Waals surface area (Å²) in [6.07, 6.45) is -2.13. The lowest BCUT2D eigenvalue weighted by atomic mass is 9.89. The van der Waals surface area contributed by atoms with E-state index in [1.54, 1.807) is 6.20 Å². The van der Waals surface area contributed by atoms with Gasteiger partial charge in [-0.2, -0.15) is 13.2 Å². The number of carbonyl (C=O) groups excluding carboxylic acids is 1. The van der Waals surface area contributed by atoms with E-state index >= 15 is 0 Å². The van der Waals surface area contributed by atoms with Crippen LogP contribution in [-0.2, 0) is 15.7 Å². The number of carbonyl (C=O) groups is 1. The van der Waals surface area contributed by atoms with Gasteiger partial charge in [-0.25, -0.2) is 24.9 Å². The quantitative estimate of drug-likeness (QED) is 0.547. The third-order valence-electron chi connectivity index (χ3n) is 6.05. The molecule has 2 saturated heterocycles. The number of halogens is 3. The SMILES string of the molecule is C[C@H]1C(c2cc(-c3cnc(N)nc3C(F)(F)F)nc(N3CCOCC3)n2)C(=O)N[C@H]1c1nccs1. The topological polar surface area (TPSA) is 132 Å². The number of rotatable bonds is 4. The fourth-order valence-electron chi connectivity index (χ4n) is 4.34. The van der Waals surface area contributed by atoms with Gasteiger partial charge < -0.3 is 20.7 Å². The molecule has 184 valence electrons. The first-order valence-corrected chi connectivity index (χ1v) is 11.7. The van der Waals surface area contributed by atoms with Crippen LogP contribution in [0.5, 0.6) is 0 Å². The molecule has 0 radical (unpaired) electrons. The van der Waals surface area contributed by atoms with Crippen LogP contribution >= 0.6 is 11.3 Å². The van der Waals surface area contributed by atoms with E-state index in [4.69, 9.17) is 10.5 Å². The Bertz CT molecular complexity index is 1230. The molecule has 2 aliphatic rings. The Morgan fingerprint density at radius 3 is 2.66 bits per heavy atom. The number of ether oxygens (including phenoxy) is 1. The van der Waals surface area contributed by atoms with E-state index in [2.05, 4.69) is 30.2 Å².